The number of halogens is 2. The Labute approximate surface area is 101 Å². The second-order valence-corrected chi connectivity index (χ2v) is 4.27. The number of rotatable bonds is 2. The van der Waals surface area contributed by atoms with E-state index in [9.17, 15) is 9.50 Å². The molecule has 0 amide bonds. The third-order valence-electron chi connectivity index (χ3n) is 3.26. The predicted molar refractivity (Wildman–Crippen MR) is 64.2 cm³/mol. The minimum atomic E-state index is -0.337. The molecule has 1 aliphatic rings. The first kappa shape index (κ1) is 13.3. The summed E-state index contributed by atoms with van der Waals surface area (Å²) in [5.74, 6) is 0.157. The van der Waals surface area contributed by atoms with Crippen LogP contribution in [0.1, 0.15) is 37.3 Å². The maximum Gasteiger partial charge on any atom is 0.123 e. The van der Waals surface area contributed by atoms with Gasteiger partial charge in [-0.25, -0.2) is 4.39 Å². The molecule has 0 aliphatic heterocycles. The lowest BCUT2D eigenvalue weighted by atomic mass is 9.92. The first-order valence-corrected chi connectivity index (χ1v) is 5.42. The van der Waals surface area contributed by atoms with E-state index in [2.05, 4.69) is 0 Å². The molecule has 0 spiro atoms. The average Bonchev–Trinajstić information content (AvgIpc) is 2.74. The Morgan fingerprint density at radius 3 is 2.56 bits per heavy atom. The summed E-state index contributed by atoms with van der Waals surface area (Å²) in [7, 11) is 0. The van der Waals surface area contributed by atoms with Gasteiger partial charge in [0.15, 0.2) is 0 Å². The van der Waals surface area contributed by atoms with Crippen LogP contribution in [0.2, 0.25) is 0 Å². The van der Waals surface area contributed by atoms with Crippen molar-refractivity contribution in [1.82, 2.24) is 0 Å². The smallest absolute Gasteiger partial charge is 0.123 e. The summed E-state index contributed by atoms with van der Waals surface area (Å²) in [5, 5.41) is 9.62. The van der Waals surface area contributed by atoms with Gasteiger partial charge in [0.25, 0.3) is 0 Å². The van der Waals surface area contributed by atoms with E-state index in [1.54, 1.807) is 0 Å². The summed E-state index contributed by atoms with van der Waals surface area (Å²) in [6.07, 6.45) is 4.54. The van der Waals surface area contributed by atoms with Gasteiger partial charge < -0.3 is 10.8 Å². The van der Waals surface area contributed by atoms with E-state index < -0.39 is 0 Å². The molecule has 4 heteroatoms. The van der Waals surface area contributed by atoms with Crippen molar-refractivity contribution >= 4 is 12.4 Å². The number of phenolic OH excluding ortho intramolecular Hbond substituents is 1. The molecule has 2 nitrogen and oxygen atoms in total. The molecule has 2 rings (SSSR count). The monoisotopic (exact) mass is 245 g/mol. The van der Waals surface area contributed by atoms with E-state index in [0.29, 0.717) is 11.5 Å². The highest BCUT2D eigenvalue weighted by Crippen LogP contribution is 2.37. The van der Waals surface area contributed by atoms with Gasteiger partial charge in [-0.3, -0.25) is 0 Å². The van der Waals surface area contributed by atoms with Crippen molar-refractivity contribution in [2.75, 3.05) is 0 Å². The van der Waals surface area contributed by atoms with Crippen LogP contribution in [0.5, 0.6) is 5.75 Å². The Hall–Kier alpha value is -0.800. The number of benzene rings is 1. The Balaban J connectivity index is 0.00000128. The zero-order valence-corrected chi connectivity index (χ0v) is 9.84. The molecule has 16 heavy (non-hydrogen) atoms. The molecule has 0 bridgehead atoms. The zero-order chi connectivity index (χ0) is 10.8. The Morgan fingerprint density at radius 2 is 1.94 bits per heavy atom. The highest BCUT2D eigenvalue weighted by atomic mass is 35.5. The fourth-order valence-corrected chi connectivity index (χ4v) is 2.36. The lowest BCUT2D eigenvalue weighted by Crippen LogP contribution is -2.19. The molecule has 1 aliphatic carbocycles. The first-order chi connectivity index (χ1) is 7.18. The van der Waals surface area contributed by atoms with E-state index in [1.165, 1.54) is 31.0 Å². The molecule has 1 aromatic carbocycles. The summed E-state index contributed by atoms with van der Waals surface area (Å²) < 4.78 is 13.0. The lowest BCUT2D eigenvalue weighted by molar-refractivity contribution is 0.410. The van der Waals surface area contributed by atoms with Crippen molar-refractivity contribution in [3.8, 4) is 5.75 Å². The molecule has 0 unspecified atom stereocenters. The van der Waals surface area contributed by atoms with Crippen molar-refractivity contribution in [3.63, 3.8) is 0 Å². The van der Waals surface area contributed by atoms with E-state index in [-0.39, 0.29) is 30.0 Å². The lowest BCUT2D eigenvalue weighted by Gasteiger charge is -2.20. The van der Waals surface area contributed by atoms with E-state index in [0.717, 1.165) is 12.8 Å². The second kappa shape index (κ2) is 5.51. The van der Waals surface area contributed by atoms with Gasteiger partial charge in [-0.15, -0.1) is 12.4 Å². The molecule has 1 aromatic rings. The van der Waals surface area contributed by atoms with Gasteiger partial charge in [-0.2, -0.15) is 0 Å². The first-order valence-electron chi connectivity index (χ1n) is 5.42. The maximum atomic E-state index is 13.0. The topological polar surface area (TPSA) is 46.2 Å². The van der Waals surface area contributed by atoms with Crippen LogP contribution in [0.25, 0.3) is 0 Å². The van der Waals surface area contributed by atoms with Crippen molar-refractivity contribution in [2.24, 2.45) is 11.7 Å². The Morgan fingerprint density at radius 1 is 1.31 bits per heavy atom. The number of aromatic hydroxyl groups is 1. The molecule has 0 radical (unpaired) electrons. The van der Waals surface area contributed by atoms with Crippen LogP contribution in [0.15, 0.2) is 18.2 Å². The van der Waals surface area contributed by atoms with Gasteiger partial charge in [-0.05, 0) is 37.0 Å². The highest BCUT2D eigenvalue weighted by molar-refractivity contribution is 5.85. The minimum Gasteiger partial charge on any atom is -0.508 e. The van der Waals surface area contributed by atoms with Gasteiger partial charge in [0, 0.05) is 11.6 Å². The van der Waals surface area contributed by atoms with Crippen LogP contribution in [-0.2, 0) is 0 Å². The fraction of sp³-hybridized carbons (Fsp3) is 0.500. The number of hydrogen-bond acceptors (Lipinski definition) is 2. The summed E-state index contributed by atoms with van der Waals surface area (Å²) >= 11 is 0. The van der Waals surface area contributed by atoms with Crippen LogP contribution in [0.3, 0.4) is 0 Å². The summed E-state index contributed by atoms with van der Waals surface area (Å²) in [4.78, 5) is 0. The molecule has 3 N–H and O–H groups in total. The van der Waals surface area contributed by atoms with Crippen molar-refractivity contribution < 1.29 is 9.50 Å². The molecule has 0 aromatic heterocycles. The minimum absolute atomic E-state index is 0. The summed E-state index contributed by atoms with van der Waals surface area (Å²) in [6.45, 7) is 0. The van der Waals surface area contributed by atoms with Crippen molar-refractivity contribution in [2.45, 2.75) is 31.7 Å². The van der Waals surface area contributed by atoms with E-state index >= 15 is 0 Å². The van der Waals surface area contributed by atoms with Crippen molar-refractivity contribution in [3.05, 3.63) is 29.6 Å². The zero-order valence-electron chi connectivity index (χ0n) is 9.03. The predicted octanol–water partition coefficient (Wildman–Crippen LogP) is 3.14. The Kier molecular flexibility index (Phi) is 4.56. The molecule has 1 atom stereocenters. The van der Waals surface area contributed by atoms with Gasteiger partial charge in [0.05, 0.1) is 0 Å². The van der Waals surface area contributed by atoms with Crippen molar-refractivity contribution in [1.29, 1.82) is 0 Å². The largest absolute Gasteiger partial charge is 0.508 e. The van der Waals surface area contributed by atoms with Gasteiger partial charge in [-0.1, -0.05) is 12.8 Å². The molecule has 0 heterocycles. The van der Waals surface area contributed by atoms with Crippen LogP contribution in [0, 0.1) is 11.7 Å². The average molecular weight is 246 g/mol. The summed E-state index contributed by atoms with van der Waals surface area (Å²) in [6, 6.07) is 3.74. The highest BCUT2D eigenvalue weighted by Gasteiger charge is 2.25. The SMILES string of the molecule is Cl.N[C@@H](c1cc(F)ccc1O)C1CCCC1. The Bertz CT molecular complexity index is 353. The van der Waals surface area contributed by atoms with Crippen LogP contribution >= 0.6 is 12.4 Å². The molecule has 1 saturated carbocycles. The maximum absolute atomic E-state index is 13.0. The third-order valence-corrected chi connectivity index (χ3v) is 3.26. The van der Waals surface area contributed by atoms with Crippen LogP contribution < -0.4 is 5.73 Å². The third kappa shape index (κ3) is 2.66. The molecular weight excluding hydrogens is 229 g/mol. The molecule has 1 fully saturated rings. The van der Waals surface area contributed by atoms with Gasteiger partial charge >= 0.3 is 0 Å². The fourth-order valence-electron chi connectivity index (χ4n) is 2.36. The van der Waals surface area contributed by atoms with Crippen LogP contribution in [-0.4, -0.2) is 5.11 Å². The molecule has 90 valence electrons. The quantitative estimate of drug-likeness (QED) is 0.841. The standard InChI is InChI=1S/C12H16FNO.ClH/c13-9-5-6-11(15)10(7-9)12(14)8-3-1-2-4-8;/h5-8,12,15H,1-4,14H2;1H/t12-;/m1./s1. The van der Waals surface area contributed by atoms with E-state index in [4.69, 9.17) is 5.73 Å². The number of phenols is 1. The normalized spacial score (nSPS) is 18.1. The second-order valence-electron chi connectivity index (χ2n) is 4.27. The molecular formula is C12H17ClFNO. The van der Waals surface area contributed by atoms with Gasteiger partial charge in [0.1, 0.15) is 11.6 Å². The number of nitrogens with two attached hydrogens (primary N) is 1. The summed E-state index contributed by atoms with van der Waals surface area (Å²) in [5.41, 5.74) is 6.59. The van der Waals surface area contributed by atoms with Gasteiger partial charge in [0.2, 0.25) is 0 Å². The molecule has 0 saturated heterocycles. The number of hydrogen-bond donors (Lipinski definition) is 2. The van der Waals surface area contributed by atoms with Crippen LogP contribution in [0.4, 0.5) is 4.39 Å². The van der Waals surface area contributed by atoms with E-state index in [1.807, 2.05) is 0 Å².